The lowest BCUT2D eigenvalue weighted by Crippen LogP contribution is -1.84. The summed E-state index contributed by atoms with van der Waals surface area (Å²) in [7, 11) is 0. The molecule has 0 spiro atoms. The molecular weight excluding hydrogens is 439 g/mol. The Morgan fingerprint density at radius 3 is 1.88 bits per heavy atom. The molecule has 4 heteroatoms. The predicted molar refractivity (Wildman–Crippen MR) is 134 cm³/mol. The molecule has 7 aromatic rings. The van der Waals surface area contributed by atoms with Gasteiger partial charge in [-0.2, -0.15) is 0 Å². The Labute approximate surface area is 192 Å². The number of benzene rings is 5. The van der Waals surface area contributed by atoms with Gasteiger partial charge in [-0.05, 0) is 58.8 Å². The molecule has 0 N–H and O–H groups in total. The summed E-state index contributed by atoms with van der Waals surface area (Å²) in [6.07, 6.45) is 0. The molecule has 152 valence electrons. The zero-order valence-electron chi connectivity index (χ0n) is 16.7. The molecule has 0 saturated heterocycles. The highest BCUT2D eigenvalue weighted by molar-refractivity contribution is 6.32. The number of fused-ring (bicyclic) bond motifs is 7. The summed E-state index contributed by atoms with van der Waals surface area (Å²) >= 11 is 12.4. The fourth-order valence-corrected chi connectivity index (χ4v) is 5.06. The van der Waals surface area contributed by atoms with Crippen molar-refractivity contribution in [3.63, 3.8) is 0 Å². The average Bonchev–Trinajstić information content (AvgIpc) is 3.32. The largest absolute Gasteiger partial charge is 0.456 e. The van der Waals surface area contributed by atoms with E-state index in [-0.39, 0.29) is 0 Å². The van der Waals surface area contributed by atoms with E-state index in [1.165, 1.54) is 0 Å². The molecule has 0 fully saturated rings. The van der Waals surface area contributed by atoms with Crippen molar-refractivity contribution < 1.29 is 8.83 Å². The predicted octanol–water partition coefficient (Wildman–Crippen LogP) is 9.61. The molecule has 0 atom stereocenters. The maximum absolute atomic E-state index is 6.38. The number of halogens is 2. The second-order valence-corrected chi connectivity index (χ2v) is 8.92. The van der Waals surface area contributed by atoms with Crippen LogP contribution in [0.2, 0.25) is 10.0 Å². The standard InChI is InChI=1S/C28H14Cl2O2/c29-17-6-8-19-22-10-16-11-23-20-9-7-18(30)13-25(20)32-28(23)27(15-4-2-1-3-5-15)21(16)14-26(22)31-24(19)12-17/h1-14H. The van der Waals surface area contributed by atoms with Gasteiger partial charge in [0.25, 0.3) is 0 Å². The average molecular weight is 453 g/mol. The summed E-state index contributed by atoms with van der Waals surface area (Å²) < 4.78 is 12.6. The third-order valence-electron chi connectivity index (χ3n) is 6.15. The molecule has 0 aliphatic rings. The molecule has 2 nitrogen and oxygen atoms in total. The van der Waals surface area contributed by atoms with Crippen LogP contribution in [-0.4, -0.2) is 0 Å². The summed E-state index contributed by atoms with van der Waals surface area (Å²) in [5.41, 5.74) is 5.37. The van der Waals surface area contributed by atoms with E-state index < -0.39 is 0 Å². The van der Waals surface area contributed by atoms with E-state index in [0.717, 1.165) is 65.8 Å². The van der Waals surface area contributed by atoms with Crippen molar-refractivity contribution in [3.05, 3.63) is 95.0 Å². The molecule has 0 bridgehead atoms. The minimum Gasteiger partial charge on any atom is -0.456 e. The van der Waals surface area contributed by atoms with Crippen molar-refractivity contribution in [2.24, 2.45) is 0 Å². The van der Waals surface area contributed by atoms with Gasteiger partial charge in [0.15, 0.2) is 0 Å². The van der Waals surface area contributed by atoms with E-state index >= 15 is 0 Å². The first-order chi connectivity index (χ1) is 15.7. The Hall–Kier alpha value is -3.46. The molecule has 0 aliphatic heterocycles. The molecule has 0 saturated carbocycles. The van der Waals surface area contributed by atoms with Crippen molar-refractivity contribution in [3.8, 4) is 11.1 Å². The Kier molecular flexibility index (Phi) is 3.70. The summed E-state index contributed by atoms with van der Waals surface area (Å²) in [6, 6.07) is 28.4. The topological polar surface area (TPSA) is 26.3 Å². The number of rotatable bonds is 1. The first-order valence-electron chi connectivity index (χ1n) is 10.3. The molecule has 2 aromatic heterocycles. The Bertz CT molecular complexity index is 1840. The molecule has 0 amide bonds. The van der Waals surface area contributed by atoms with Crippen molar-refractivity contribution in [1.29, 1.82) is 0 Å². The van der Waals surface area contributed by atoms with Gasteiger partial charge in [0.1, 0.15) is 22.3 Å². The number of furan rings is 2. The van der Waals surface area contributed by atoms with Gasteiger partial charge in [-0.25, -0.2) is 0 Å². The molecule has 2 heterocycles. The summed E-state index contributed by atoms with van der Waals surface area (Å²) in [6.45, 7) is 0. The Balaban J connectivity index is 1.70. The van der Waals surface area contributed by atoms with Crippen LogP contribution in [0, 0.1) is 0 Å². The Morgan fingerprint density at radius 2 is 1.12 bits per heavy atom. The number of hydrogen-bond acceptors (Lipinski definition) is 2. The van der Waals surface area contributed by atoms with Gasteiger partial charge >= 0.3 is 0 Å². The van der Waals surface area contributed by atoms with Crippen molar-refractivity contribution >= 4 is 77.9 Å². The molecule has 32 heavy (non-hydrogen) atoms. The molecule has 0 unspecified atom stereocenters. The van der Waals surface area contributed by atoms with Gasteiger partial charge in [-0.1, -0.05) is 53.5 Å². The van der Waals surface area contributed by atoms with Gasteiger partial charge in [0, 0.05) is 49.3 Å². The highest BCUT2D eigenvalue weighted by atomic mass is 35.5. The lowest BCUT2D eigenvalue weighted by Gasteiger charge is -2.09. The van der Waals surface area contributed by atoms with Gasteiger partial charge in [-0.15, -0.1) is 0 Å². The van der Waals surface area contributed by atoms with E-state index in [4.69, 9.17) is 32.0 Å². The van der Waals surface area contributed by atoms with E-state index in [1.807, 2.05) is 54.6 Å². The van der Waals surface area contributed by atoms with E-state index in [1.54, 1.807) is 0 Å². The normalized spacial score (nSPS) is 12.1. The maximum atomic E-state index is 6.38. The first kappa shape index (κ1) is 18.1. The van der Waals surface area contributed by atoms with Crippen molar-refractivity contribution in [2.75, 3.05) is 0 Å². The zero-order chi connectivity index (χ0) is 21.4. The molecule has 0 aliphatic carbocycles. The van der Waals surface area contributed by atoms with Gasteiger partial charge in [-0.3, -0.25) is 0 Å². The lowest BCUT2D eigenvalue weighted by atomic mass is 9.94. The minimum atomic E-state index is 0.657. The summed E-state index contributed by atoms with van der Waals surface area (Å²) in [4.78, 5) is 0. The van der Waals surface area contributed by atoms with Crippen LogP contribution in [0.25, 0.3) is 65.8 Å². The first-order valence-corrected chi connectivity index (χ1v) is 11.1. The number of hydrogen-bond donors (Lipinski definition) is 0. The summed E-state index contributed by atoms with van der Waals surface area (Å²) in [5.74, 6) is 0. The fourth-order valence-electron chi connectivity index (χ4n) is 4.74. The maximum Gasteiger partial charge on any atom is 0.143 e. The lowest BCUT2D eigenvalue weighted by molar-refractivity contribution is 0.669. The van der Waals surface area contributed by atoms with Crippen LogP contribution in [0.4, 0.5) is 0 Å². The van der Waals surface area contributed by atoms with Crippen LogP contribution in [0.3, 0.4) is 0 Å². The second kappa shape index (κ2) is 6.52. The van der Waals surface area contributed by atoms with Crippen LogP contribution < -0.4 is 0 Å². The van der Waals surface area contributed by atoms with E-state index in [2.05, 4.69) is 30.3 Å². The van der Waals surface area contributed by atoms with Crippen molar-refractivity contribution in [1.82, 2.24) is 0 Å². The summed E-state index contributed by atoms with van der Waals surface area (Å²) in [5, 5.41) is 7.75. The van der Waals surface area contributed by atoms with Crippen LogP contribution in [0.1, 0.15) is 0 Å². The van der Waals surface area contributed by atoms with E-state index in [9.17, 15) is 0 Å². The van der Waals surface area contributed by atoms with Crippen LogP contribution in [-0.2, 0) is 0 Å². The van der Waals surface area contributed by atoms with Crippen molar-refractivity contribution in [2.45, 2.75) is 0 Å². The molecular formula is C28H14Cl2O2. The third-order valence-corrected chi connectivity index (χ3v) is 6.62. The Morgan fingerprint density at radius 1 is 0.500 bits per heavy atom. The third kappa shape index (κ3) is 2.54. The van der Waals surface area contributed by atoms with E-state index in [0.29, 0.717) is 10.0 Å². The highest BCUT2D eigenvalue weighted by Gasteiger charge is 2.18. The highest BCUT2D eigenvalue weighted by Crippen LogP contribution is 2.43. The van der Waals surface area contributed by atoms with Crippen LogP contribution in [0.5, 0.6) is 0 Å². The van der Waals surface area contributed by atoms with Crippen LogP contribution in [0.15, 0.2) is 93.8 Å². The smallest absolute Gasteiger partial charge is 0.143 e. The molecule has 7 rings (SSSR count). The second-order valence-electron chi connectivity index (χ2n) is 8.05. The zero-order valence-corrected chi connectivity index (χ0v) is 18.2. The molecule has 5 aromatic carbocycles. The van der Waals surface area contributed by atoms with Gasteiger partial charge < -0.3 is 8.83 Å². The minimum absolute atomic E-state index is 0.657. The molecule has 0 radical (unpaired) electrons. The quantitative estimate of drug-likeness (QED) is 0.247. The van der Waals surface area contributed by atoms with Crippen LogP contribution >= 0.6 is 23.2 Å². The fraction of sp³-hybridized carbons (Fsp3) is 0. The van der Waals surface area contributed by atoms with Gasteiger partial charge in [0.2, 0.25) is 0 Å². The monoisotopic (exact) mass is 452 g/mol. The SMILES string of the molecule is Clc1ccc2c(c1)oc1cc3c(-c4ccccc4)c4oc5cc(Cl)ccc5c4cc3cc12. The van der Waals surface area contributed by atoms with Gasteiger partial charge in [0.05, 0.1) is 0 Å².